The highest BCUT2D eigenvalue weighted by Crippen LogP contribution is 2.64. The Kier molecular flexibility index (Phi) is 13.3. The molecule has 0 heterocycles. The van der Waals surface area contributed by atoms with Gasteiger partial charge >= 0.3 is 0 Å². The van der Waals surface area contributed by atoms with Crippen LogP contribution in [0.3, 0.4) is 0 Å². The van der Waals surface area contributed by atoms with Crippen molar-refractivity contribution in [2.45, 2.75) is 27.7 Å². The summed E-state index contributed by atoms with van der Waals surface area (Å²) in [5, 5.41) is 1.46. The molecule has 1 nitrogen and oxygen atoms in total. The Balaban J connectivity index is 1.79. The monoisotopic (exact) mass is 974 g/mol. The molecule has 0 N–H and O–H groups in total. The molecule has 0 fully saturated rings. The third-order valence-corrected chi connectivity index (χ3v) is 16.4. The smallest absolute Gasteiger partial charge is 0.266 e. The van der Waals surface area contributed by atoms with Gasteiger partial charge < -0.3 is 4.65 Å². The van der Waals surface area contributed by atoms with Gasteiger partial charge in [-0.05, 0) is 62.6 Å². The van der Waals surface area contributed by atoms with Gasteiger partial charge in [-0.1, -0.05) is 107 Å². The number of aryl methyl sites for hydroxylation is 4. The molecule has 0 spiro atoms. The number of halogens is 15. The zero-order valence-electron chi connectivity index (χ0n) is 35.6. The molecule has 0 saturated carbocycles. The van der Waals surface area contributed by atoms with Crippen LogP contribution in [0.5, 0.6) is 0 Å². The predicted molar refractivity (Wildman–Crippen MR) is 232 cm³/mol. The summed E-state index contributed by atoms with van der Waals surface area (Å²) in [6.07, 6.45) is -5.60. The average molecular weight is 975 g/mol. The lowest BCUT2D eigenvalue weighted by atomic mass is 9.27. The minimum atomic E-state index is -6.47. The van der Waals surface area contributed by atoms with Crippen LogP contribution in [-0.4, -0.2) is 6.35 Å². The second kappa shape index (κ2) is 18.4. The van der Waals surface area contributed by atoms with Crippen molar-refractivity contribution in [1.29, 1.82) is 0 Å². The first-order chi connectivity index (χ1) is 32.1. The molecule has 7 aromatic carbocycles. The van der Waals surface area contributed by atoms with Crippen molar-refractivity contribution in [2.75, 3.05) is 0 Å². The SMILES string of the molecule is C=C(/C=C(\O[B-](c1c(F)c(F)c(F)c(F)c1F)(c1c(F)c(F)c(F)c(F)c1F)c1c(F)c(F)c(F)c(F)c1F)c1ccc(C)cc1)[P+](c1ccccc1C)(c1ccccc1C)c1ccccc1C. The van der Waals surface area contributed by atoms with E-state index < -0.39 is 129 Å². The van der Waals surface area contributed by atoms with E-state index in [1.165, 1.54) is 19.1 Å². The molecule has 350 valence electrons. The molecular weight excluding hydrogens is 943 g/mol. The minimum absolute atomic E-state index is 0.136. The van der Waals surface area contributed by atoms with Gasteiger partial charge in [-0.3, -0.25) is 0 Å². The fraction of sp³-hybridized carbons (Fsp3) is 0.0800. The molecule has 0 aromatic heterocycles. The van der Waals surface area contributed by atoms with Crippen LogP contribution in [0.4, 0.5) is 65.9 Å². The highest BCUT2D eigenvalue weighted by molar-refractivity contribution is 7.99. The third-order valence-electron chi connectivity index (χ3n) is 11.7. The Bertz CT molecular complexity index is 2880. The highest BCUT2D eigenvalue weighted by atomic mass is 31.2. The molecule has 7 rings (SSSR count). The molecule has 0 unspecified atom stereocenters. The maximum atomic E-state index is 16.7. The van der Waals surface area contributed by atoms with Gasteiger partial charge in [0.2, 0.25) is 0 Å². The quantitative estimate of drug-likeness (QED) is 0.0239. The molecule has 0 radical (unpaired) electrons. The summed E-state index contributed by atoms with van der Waals surface area (Å²) in [5.74, 6) is -48.4. The summed E-state index contributed by atoms with van der Waals surface area (Å²) in [6.45, 7) is 11.1. The van der Waals surface area contributed by atoms with Crippen LogP contribution in [0, 0.1) is 115 Å². The highest BCUT2D eigenvalue weighted by Gasteiger charge is 2.53. The molecule has 18 heteroatoms. The Labute approximate surface area is 379 Å². The van der Waals surface area contributed by atoms with Crippen LogP contribution in [0.1, 0.15) is 27.8 Å². The van der Waals surface area contributed by atoms with E-state index in [0.29, 0.717) is 38.2 Å². The molecule has 0 aliphatic carbocycles. The van der Waals surface area contributed by atoms with Crippen molar-refractivity contribution in [2.24, 2.45) is 0 Å². The fourth-order valence-corrected chi connectivity index (χ4v) is 13.3. The number of hydrogen-bond donors (Lipinski definition) is 0. The van der Waals surface area contributed by atoms with E-state index in [0.717, 1.165) is 18.2 Å². The summed E-state index contributed by atoms with van der Waals surface area (Å²) >= 11 is 0. The van der Waals surface area contributed by atoms with E-state index in [4.69, 9.17) is 4.65 Å². The second-order valence-electron chi connectivity index (χ2n) is 15.8. The van der Waals surface area contributed by atoms with E-state index in [1.54, 1.807) is 93.6 Å². The Morgan fingerprint density at radius 2 is 0.662 bits per heavy atom. The first kappa shape index (κ1) is 49.2. The van der Waals surface area contributed by atoms with Gasteiger partial charge in [0.05, 0.1) is 5.76 Å². The van der Waals surface area contributed by atoms with Gasteiger partial charge in [0.25, 0.3) is 6.35 Å². The number of hydrogen-bond acceptors (Lipinski definition) is 1. The van der Waals surface area contributed by atoms with E-state index >= 15 is 52.7 Å². The van der Waals surface area contributed by atoms with Crippen LogP contribution >= 0.6 is 7.26 Å². The standard InChI is InChI=1S/C50H31BF15OP/c1-23-18-20-28(21-19-23)29(22-27(5)68(30-15-9-6-12-24(30)2,31-16-10-7-13-25(31)3)32-17-11-8-14-26(32)4)67-51(33-36(52)42(58)48(64)43(59)37(33)53,34-38(54)44(60)49(65)45(61)39(34)55)35-40(56)46(62)50(66)47(63)41(35)57/h6-22H,5H2,1-4H3/b29-22-. The van der Waals surface area contributed by atoms with Crippen molar-refractivity contribution in [3.05, 3.63) is 230 Å². The Morgan fingerprint density at radius 3 is 0.941 bits per heavy atom. The van der Waals surface area contributed by atoms with E-state index in [1.807, 2.05) is 0 Å². The summed E-state index contributed by atoms with van der Waals surface area (Å²) in [5.41, 5.74) is -6.99. The molecular formula is C50H31BF15OP. The predicted octanol–water partition coefficient (Wildman–Crippen LogP) is 11.5. The van der Waals surface area contributed by atoms with Crippen molar-refractivity contribution in [3.8, 4) is 0 Å². The Hall–Kier alpha value is -6.74. The fourth-order valence-electron chi connectivity index (χ4n) is 8.56. The normalized spacial score (nSPS) is 12.2. The molecule has 0 bridgehead atoms. The van der Waals surface area contributed by atoms with Crippen LogP contribution in [0.2, 0.25) is 0 Å². The first-order valence-corrected chi connectivity index (χ1v) is 21.8. The number of rotatable bonds is 11. The van der Waals surface area contributed by atoms with Gasteiger partial charge in [-0.2, -0.15) is 0 Å². The van der Waals surface area contributed by atoms with Crippen molar-refractivity contribution >= 4 is 51.7 Å². The third kappa shape index (κ3) is 7.55. The number of allylic oxidation sites excluding steroid dienone is 2. The summed E-state index contributed by atoms with van der Waals surface area (Å²) in [6, 6.07) is 25.1. The van der Waals surface area contributed by atoms with Crippen molar-refractivity contribution < 1.29 is 70.5 Å². The molecule has 0 amide bonds. The average Bonchev–Trinajstić information content (AvgIpc) is 3.32. The molecule has 0 aliphatic heterocycles. The van der Waals surface area contributed by atoms with Gasteiger partial charge in [0.15, 0.2) is 52.4 Å². The summed E-state index contributed by atoms with van der Waals surface area (Å²) in [7, 11) is -3.64. The van der Waals surface area contributed by atoms with Crippen LogP contribution in [-0.2, 0) is 4.65 Å². The largest absolute Gasteiger partial charge is 0.702 e. The van der Waals surface area contributed by atoms with E-state index in [2.05, 4.69) is 6.58 Å². The van der Waals surface area contributed by atoms with Crippen molar-refractivity contribution in [3.63, 3.8) is 0 Å². The van der Waals surface area contributed by atoms with E-state index in [9.17, 15) is 13.2 Å². The second-order valence-corrected chi connectivity index (χ2v) is 19.1. The van der Waals surface area contributed by atoms with Gasteiger partial charge in [0.1, 0.15) is 63.4 Å². The zero-order valence-corrected chi connectivity index (χ0v) is 36.5. The zero-order chi connectivity index (χ0) is 49.9. The lowest BCUT2D eigenvalue weighted by molar-refractivity contribution is 0.373. The lowest BCUT2D eigenvalue weighted by Crippen LogP contribution is -2.74. The Morgan fingerprint density at radius 1 is 0.397 bits per heavy atom. The van der Waals surface area contributed by atoms with Gasteiger partial charge in [0, 0.05) is 11.6 Å². The number of benzene rings is 7. The molecule has 0 aliphatic rings. The molecule has 0 atom stereocenters. The molecule has 7 aromatic rings. The topological polar surface area (TPSA) is 9.23 Å². The van der Waals surface area contributed by atoms with Gasteiger partial charge in [-0.25, -0.2) is 65.9 Å². The van der Waals surface area contributed by atoms with Gasteiger partial charge in [-0.15, -0.1) is 0 Å². The maximum absolute atomic E-state index is 16.7. The minimum Gasteiger partial charge on any atom is -0.702 e. The van der Waals surface area contributed by atoms with Crippen molar-refractivity contribution in [1.82, 2.24) is 0 Å². The van der Waals surface area contributed by atoms with E-state index in [-0.39, 0.29) is 5.31 Å². The van der Waals surface area contributed by atoms with Crippen LogP contribution in [0.25, 0.3) is 5.76 Å². The maximum Gasteiger partial charge on any atom is 0.266 e. The summed E-state index contributed by atoms with van der Waals surface area (Å²) < 4.78 is 244. The first-order valence-electron chi connectivity index (χ1n) is 20.0. The molecule has 68 heavy (non-hydrogen) atoms. The molecule has 0 saturated heterocycles. The summed E-state index contributed by atoms with van der Waals surface area (Å²) in [4.78, 5) is 0. The lowest BCUT2D eigenvalue weighted by Gasteiger charge is -2.46. The van der Waals surface area contributed by atoms with Crippen LogP contribution in [0.15, 0.2) is 115 Å². The van der Waals surface area contributed by atoms with Crippen LogP contribution < -0.4 is 32.3 Å².